The maximum Gasteiger partial charge on any atom is 0.338 e. The van der Waals surface area contributed by atoms with Crippen LogP contribution in [0.3, 0.4) is 0 Å². The van der Waals surface area contributed by atoms with Crippen molar-refractivity contribution in [1.82, 2.24) is 9.97 Å². The number of imide groups is 1. The number of nitrogens with one attached hydrogen (secondary N) is 2. The lowest BCUT2D eigenvalue weighted by atomic mass is 10.2. The van der Waals surface area contributed by atoms with Crippen LogP contribution in [-0.4, -0.2) is 42.8 Å². The van der Waals surface area contributed by atoms with E-state index in [-0.39, 0.29) is 32.8 Å². The van der Waals surface area contributed by atoms with Crippen molar-refractivity contribution < 1.29 is 27.5 Å². The van der Waals surface area contributed by atoms with Gasteiger partial charge in [0.15, 0.2) is 0 Å². The molecule has 2 heterocycles. The third-order valence-electron chi connectivity index (χ3n) is 5.76. The lowest BCUT2D eigenvalue weighted by molar-refractivity contribution is -0.120. The number of rotatable bonds is 10. The first kappa shape index (κ1) is 28.7. The Morgan fingerprint density at radius 2 is 1.60 bits per heavy atom. The van der Waals surface area contributed by atoms with Crippen molar-refractivity contribution in [3.05, 3.63) is 82.3 Å². The predicted octanol–water partition coefficient (Wildman–Crippen LogP) is 4.29. The smallest absolute Gasteiger partial charge is 0.338 e. The molecule has 3 aromatic rings. The number of anilines is 3. The molecule has 0 radical (unpaired) electrons. The van der Waals surface area contributed by atoms with Gasteiger partial charge in [-0.15, -0.1) is 0 Å². The fourth-order valence-electron chi connectivity index (χ4n) is 3.80. The molecular formula is C27H26ClN5O6S. The van der Waals surface area contributed by atoms with E-state index in [1.165, 1.54) is 48.5 Å². The molecular weight excluding hydrogens is 558 g/mol. The average molecular weight is 584 g/mol. The summed E-state index contributed by atoms with van der Waals surface area (Å²) >= 11 is 6.20. The molecule has 208 valence electrons. The Labute approximate surface area is 236 Å². The van der Waals surface area contributed by atoms with E-state index in [4.69, 9.17) is 16.3 Å². The maximum atomic E-state index is 13.1. The Balaban J connectivity index is 1.46. The number of hydrogen-bond acceptors (Lipinski definition) is 9. The molecule has 2 amide bonds. The highest BCUT2D eigenvalue weighted by atomic mass is 35.5. The zero-order chi connectivity index (χ0) is 29.0. The van der Waals surface area contributed by atoms with Gasteiger partial charge < -0.3 is 10.1 Å². The number of halogens is 1. The number of sulfonamides is 1. The molecule has 40 heavy (non-hydrogen) atoms. The van der Waals surface area contributed by atoms with Gasteiger partial charge in [-0.1, -0.05) is 24.9 Å². The highest BCUT2D eigenvalue weighted by Gasteiger charge is 2.39. The van der Waals surface area contributed by atoms with E-state index >= 15 is 0 Å². The van der Waals surface area contributed by atoms with Gasteiger partial charge in [-0.2, -0.15) is 0 Å². The summed E-state index contributed by atoms with van der Waals surface area (Å²) in [5, 5.41) is 2.46. The summed E-state index contributed by atoms with van der Waals surface area (Å²) in [5.74, 6) is -2.00. The zero-order valence-electron chi connectivity index (χ0n) is 21.9. The summed E-state index contributed by atoms with van der Waals surface area (Å²) in [4.78, 5) is 47.0. The van der Waals surface area contributed by atoms with Crippen molar-refractivity contribution in [3.8, 4) is 0 Å². The second-order valence-electron chi connectivity index (χ2n) is 8.90. The van der Waals surface area contributed by atoms with Crippen LogP contribution in [0.4, 0.5) is 17.3 Å². The van der Waals surface area contributed by atoms with Gasteiger partial charge in [0.1, 0.15) is 10.7 Å². The highest BCUT2D eigenvalue weighted by molar-refractivity contribution is 7.92. The lowest BCUT2D eigenvalue weighted by Crippen LogP contribution is -2.32. The molecule has 0 atom stereocenters. The number of amides is 2. The number of aromatic nitrogens is 2. The second kappa shape index (κ2) is 11.8. The molecule has 4 rings (SSSR count). The molecule has 1 aliphatic rings. The number of esters is 1. The fourth-order valence-corrected chi connectivity index (χ4v) is 4.95. The molecule has 2 aromatic carbocycles. The monoisotopic (exact) mass is 583 g/mol. The molecule has 0 spiro atoms. The van der Waals surface area contributed by atoms with E-state index in [0.717, 1.165) is 17.7 Å². The zero-order valence-corrected chi connectivity index (χ0v) is 23.5. The first-order valence-corrected chi connectivity index (χ1v) is 14.1. The summed E-state index contributed by atoms with van der Waals surface area (Å²) in [7, 11) is -3.99. The molecule has 2 N–H and O–H groups in total. The Morgan fingerprint density at radius 1 is 0.975 bits per heavy atom. The van der Waals surface area contributed by atoms with Gasteiger partial charge in [-0.25, -0.2) is 32.8 Å². The molecule has 0 unspecified atom stereocenters. The minimum absolute atomic E-state index is 0.0480. The molecule has 13 heteroatoms. The summed E-state index contributed by atoms with van der Waals surface area (Å²) in [6.45, 7) is 5.74. The van der Waals surface area contributed by atoms with Crippen molar-refractivity contribution in [2.45, 2.75) is 38.5 Å². The number of hydrogen-bond donors (Lipinski definition) is 2. The summed E-state index contributed by atoms with van der Waals surface area (Å²) in [6.07, 6.45) is 1.64. The van der Waals surface area contributed by atoms with Crippen LogP contribution >= 0.6 is 11.6 Å². The largest absolute Gasteiger partial charge is 0.462 e. The minimum Gasteiger partial charge on any atom is -0.462 e. The van der Waals surface area contributed by atoms with Gasteiger partial charge in [0.05, 0.1) is 22.8 Å². The summed E-state index contributed by atoms with van der Waals surface area (Å²) in [5.41, 5.74) is 1.87. The average Bonchev–Trinajstić information content (AvgIpc) is 3.11. The number of carbonyl (C=O) groups excluding carboxylic acids is 3. The maximum absolute atomic E-state index is 13.1. The lowest BCUT2D eigenvalue weighted by Gasteiger charge is -2.15. The van der Waals surface area contributed by atoms with Gasteiger partial charge >= 0.3 is 5.97 Å². The Hall–Kier alpha value is -4.29. The van der Waals surface area contributed by atoms with E-state index in [0.29, 0.717) is 23.7 Å². The van der Waals surface area contributed by atoms with Crippen LogP contribution in [0.15, 0.2) is 70.2 Å². The minimum atomic E-state index is -3.99. The topological polar surface area (TPSA) is 148 Å². The Bertz CT molecular complexity index is 1590. The van der Waals surface area contributed by atoms with Gasteiger partial charge in [0.25, 0.3) is 21.8 Å². The van der Waals surface area contributed by atoms with Crippen molar-refractivity contribution in [2.75, 3.05) is 21.5 Å². The third kappa shape index (κ3) is 6.29. The van der Waals surface area contributed by atoms with Crippen molar-refractivity contribution in [2.24, 2.45) is 0 Å². The second-order valence-corrected chi connectivity index (χ2v) is 11.0. The van der Waals surface area contributed by atoms with Crippen LogP contribution in [0, 0.1) is 13.8 Å². The van der Waals surface area contributed by atoms with Crippen LogP contribution in [0.5, 0.6) is 0 Å². The first-order valence-electron chi connectivity index (χ1n) is 12.3. The molecule has 1 aromatic heterocycles. The van der Waals surface area contributed by atoms with Crippen LogP contribution in [0.1, 0.15) is 41.5 Å². The molecule has 0 saturated heterocycles. The van der Waals surface area contributed by atoms with Gasteiger partial charge in [0.2, 0.25) is 5.95 Å². The SMILES string of the molecule is CCCCOC(=O)c1ccc(N2C(=O)C(Cl)=C(Nc3ccc(S(=O)(=O)Nc4nc(C)cc(C)n4)cc3)C2=O)cc1. The Kier molecular flexibility index (Phi) is 8.50. The molecule has 0 bridgehead atoms. The molecule has 0 aliphatic carbocycles. The first-order chi connectivity index (χ1) is 19.0. The van der Waals surface area contributed by atoms with Crippen LogP contribution in [0.25, 0.3) is 0 Å². The molecule has 11 nitrogen and oxygen atoms in total. The normalized spacial score (nSPS) is 13.6. The quantitative estimate of drug-likeness (QED) is 0.202. The van der Waals surface area contributed by atoms with Gasteiger partial charge in [-0.05, 0) is 74.9 Å². The Morgan fingerprint density at radius 3 is 2.20 bits per heavy atom. The highest BCUT2D eigenvalue weighted by Crippen LogP contribution is 2.30. The van der Waals surface area contributed by atoms with E-state index in [9.17, 15) is 22.8 Å². The number of aryl methyl sites for hydroxylation is 2. The van der Waals surface area contributed by atoms with Crippen molar-refractivity contribution in [1.29, 1.82) is 0 Å². The summed E-state index contributed by atoms with van der Waals surface area (Å²) in [6, 6.07) is 13.0. The van der Waals surface area contributed by atoms with E-state index in [1.54, 1.807) is 19.9 Å². The van der Waals surface area contributed by atoms with E-state index < -0.39 is 27.8 Å². The van der Waals surface area contributed by atoms with Crippen LogP contribution < -0.4 is 14.9 Å². The third-order valence-corrected chi connectivity index (χ3v) is 7.46. The molecule has 0 fully saturated rings. The number of ether oxygens (including phenoxy) is 1. The van der Waals surface area contributed by atoms with Gasteiger partial charge in [0, 0.05) is 17.1 Å². The summed E-state index contributed by atoms with van der Waals surface area (Å²) < 4.78 is 33.1. The van der Waals surface area contributed by atoms with E-state index in [1.807, 2.05) is 6.92 Å². The number of nitrogens with zero attached hydrogens (tertiary/aromatic N) is 3. The number of unbranched alkanes of at least 4 members (excludes halogenated alkanes) is 1. The van der Waals surface area contributed by atoms with Crippen LogP contribution in [0.2, 0.25) is 0 Å². The number of benzene rings is 2. The molecule has 1 aliphatic heterocycles. The molecule has 0 saturated carbocycles. The number of carbonyl (C=O) groups is 3. The van der Waals surface area contributed by atoms with E-state index in [2.05, 4.69) is 20.0 Å². The fraction of sp³-hybridized carbons (Fsp3) is 0.222. The predicted molar refractivity (Wildman–Crippen MR) is 149 cm³/mol. The van der Waals surface area contributed by atoms with Crippen LogP contribution in [-0.2, 0) is 24.3 Å². The van der Waals surface area contributed by atoms with Crippen molar-refractivity contribution >= 4 is 56.7 Å². The van der Waals surface area contributed by atoms with Gasteiger partial charge in [-0.3, -0.25) is 9.59 Å². The van der Waals surface area contributed by atoms with Crippen molar-refractivity contribution in [3.63, 3.8) is 0 Å². The standard InChI is InChI=1S/C27H26ClN5O6S/c1-4-5-14-39-26(36)18-6-10-20(11-7-18)33-24(34)22(28)23(25(33)35)31-19-8-12-21(13-9-19)40(37,38)32-27-29-16(2)15-17(3)30-27/h6-13,15,31H,4-5,14H2,1-3H3,(H,29,30,32).